The Labute approximate surface area is 228 Å². The number of rotatable bonds is 16. The lowest BCUT2D eigenvalue weighted by atomic mass is 9.95. The van der Waals surface area contributed by atoms with Crippen LogP contribution in [-0.4, -0.2) is 65.3 Å². The fraction of sp³-hybridized carbons (Fsp3) is 0.767. The number of aliphatic hydroxyl groups excluding tert-OH is 2. The number of ether oxygens (including phenoxy) is 4. The number of hydrogen-bond donors (Lipinski definition) is 3. The largest absolute Gasteiger partial charge is 0.393 e. The van der Waals surface area contributed by atoms with E-state index in [1.54, 1.807) is 13.8 Å². The summed E-state index contributed by atoms with van der Waals surface area (Å²) < 4.78 is 23.8. The summed E-state index contributed by atoms with van der Waals surface area (Å²) >= 11 is 0. The van der Waals surface area contributed by atoms with E-state index in [1.807, 2.05) is 30.3 Å². The van der Waals surface area contributed by atoms with Gasteiger partial charge in [0.25, 0.3) is 0 Å². The molecule has 1 aromatic carbocycles. The van der Waals surface area contributed by atoms with E-state index in [2.05, 4.69) is 12.2 Å². The van der Waals surface area contributed by atoms with Crippen LogP contribution in [0.1, 0.15) is 97.0 Å². The maximum atomic E-state index is 12.9. The van der Waals surface area contributed by atoms with Crippen LogP contribution in [-0.2, 0) is 30.3 Å². The van der Waals surface area contributed by atoms with Gasteiger partial charge in [0.15, 0.2) is 12.1 Å². The highest BCUT2D eigenvalue weighted by atomic mass is 16.8. The van der Waals surface area contributed by atoms with Crippen LogP contribution in [0.5, 0.6) is 0 Å². The van der Waals surface area contributed by atoms with E-state index in [-0.39, 0.29) is 25.5 Å². The average molecular weight is 536 g/mol. The molecule has 3 N–H and O–H groups in total. The molecule has 0 saturated carbocycles. The number of carbonyl (C=O) groups excluding carboxylic acids is 1. The fourth-order valence-corrected chi connectivity index (χ4v) is 5.14. The predicted octanol–water partition coefficient (Wildman–Crippen LogP) is 4.60. The molecular weight excluding hydrogens is 486 g/mol. The Balaban J connectivity index is 1.47. The second-order valence-electron chi connectivity index (χ2n) is 11.2. The lowest BCUT2D eigenvalue weighted by molar-refractivity contribution is -0.369. The highest BCUT2D eigenvalue weighted by molar-refractivity contribution is 5.76. The summed E-state index contributed by atoms with van der Waals surface area (Å²) in [7, 11) is 0. The molecule has 1 amide bonds. The molecular formula is C30H49NO7. The minimum absolute atomic E-state index is 0.0325. The fourth-order valence-electron chi connectivity index (χ4n) is 5.14. The Hall–Kier alpha value is -1.55. The zero-order chi connectivity index (χ0) is 27.4. The summed E-state index contributed by atoms with van der Waals surface area (Å²) in [6.07, 6.45) is 7.53. The molecule has 2 fully saturated rings. The van der Waals surface area contributed by atoms with E-state index in [1.165, 1.54) is 44.9 Å². The summed E-state index contributed by atoms with van der Waals surface area (Å²) in [5, 5.41) is 24.5. The Morgan fingerprint density at radius 1 is 1.08 bits per heavy atom. The van der Waals surface area contributed by atoms with Crippen molar-refractivity contribution in [2.75, 3.05) is 6.61 Å². The van der Waals surface area contributed by atoms with Crippen LogP contribution in [0, 0.1) is 0 Å². The lowest BCUT2D eigenvalue weighted by Gasteiger charge is -2.49. The number of unbranched alkanes of at least 4 members (excludes halogenated alkanes) is 8. The topological polar surface area (TPSA) is 106 Å². The van der Waals surface area contributed by atoms with Gasteiger partial charge in [-0.2, -0.15) is 0 Å². The van der Waals surface area contributed by atoms with E-state index in [0.717, 1.165) is 18.4 Å². The molecule has 2 aliphatic rings. The molecule has 0 aromatic heterocycles. The van der Waals surface area contributed by atoms with Crippen molar-refractivity contribution in [3.63, 3.8) is 0 Å². The number of nitrogens with one attached hydrogen (secondary N) is 1. The Bertz CT molecular complexity index is 805. The van der Waals surface area contributed by atoms with Gasteiger partial charge < -0.3 is 34.5 Å². The van der Waals surface area contributed by atoms with Crippen LogP contribution < -0.4 is 5.32 Å². The molecule has 6 atom stereocenters. The predicted molar refractivity (Wildman–Crippen MR) is 145 cm³/mol. The lowest BCUT2D eigenvalue weighted by Crippen LogP contribution is -2.68. The van der Waals surface area contributed by atoms with Gasteiger partial charge >= 0.3 is 0 Å². The van der Waals surface area contributed by atoms with Gasteiger partial charge in [0.05, 0.1) is 25.7 Å². The summed E-state index contributed by atoms with van der Waals surface area (Å²) in [6, 6.07) is 8.80. The van der Waals surface area contributed by atoms with Crippen LogP contribution in [0.25, 0.3) is 0 Å². The molecule has 3 rings (SSSR count). The van der Waals surface area contributed by atoms with Crippen molar-refractivity contribution in [1.29, 1.82) is 0 Å². The summed E-state index contributed by atoms with van der Waals surface area (Å²) in [5.41, 5.74) is 0.950. The highest BCUT2D eigenvalue weighted by Gasteiger charge is 2.51. The molecule has 2 saturated heterocycles. The molecule has 1 unspecified atom stereocenters. The van der Waals surface area contributed by atoms with Crippen molar-refractivity contribution in [3.05, 3.63) is 35.9 Å². The first-order chi connectivity index (χ1) is 18.3. The van der Waals surface area contributed by atoms with E-state index >= 15 is 0 Å². The van der Waals surface area contributed by atoms with Crippen molar-refractivity contribution in [1.82, 2.24) is 5.32 Å². The molecule has 0 bridgehead atoms. The molecule has 38 heavy (non-hydrogen) atoms. The standard InChI is InChI=1S/C30H49NO7/c1-4-5-6-7-8-9-10-11-15-18-23(32)19-25(33)31-26-27(34)28-24(21-36-30(2,3)38-28)37-29(26)35-20-22-16-13-12-14-17-22/h12-14,16-17,23-24,26-29,32,34H,4-11,15,18-21H2,1-3H3,(H,31,33)/t23-,24-,26-,27-,28-,29?/m1/s1. The summed E-state index contributed by atoms with van der Waals surface area (Å²) in [5.74, 6) is -1.22. The molecule has 2 aliphatic heterocycles. The zero-order valence-electron chi connectivity index (χ0n) is 23.5. The Morgan fingerprint density at radius 2 is 1.74 bits per heavy atom. The van der Waals surface area contributed by atoms with Gasteiger partial charge in [0.2, 0.25) is 5.91 Å². The number of fused-ring (bicyclic) bond motifs is 1. The quantitative estimate of drug-likeness (QED) is 0.266. The molecule has 0 spiro atoms. The van der Waals surface area contributed by atoms with Gasteiger partial charge in [-0.3, -0.25) is 4.79 Å². The average Bonchev–Trinajstić information content (AvgIpc) is 2.89. The van der Waals surface area contributed by atoms with Crippen molar-refractivity contribution < 1.29 is 34.0 Å². The molecule has 1 aromatic rings. The third kappa shape index (κ3) is 10.2. The minimum atomic E-state index is -1.06. The first-order valence-electron chi connectivity index (χ1n) is 14.6. The molecule has 216 valence electrons. The number of amides is 1. The van der Waals surface area contributed by atoms with Crippen LogP contribution in [0.15, 0.2) is 30.3 Å². The van der Waals surface area contributed by atoms with Crippen molar-refractivity contribution in [2.24, 2.45) is 0 Å². The van der Waals surface area contributed by atoms with Crippen LogP contribution in [0.4, 0.5) is 0 Å². The zero-order valence-corrected chi connectivity index (χ0v) is 23.5. The Morgan fingerprint density at radius 3 is 2.42 bits per heavy atom. The van der Waals surface area contributed by atoms with Crippen LogP contribution >= 0.6 is 0 Å². The van der Waals surface area contributed by atoms with Crippen LogP contribution in [0.3, 0.4) is 0 Å². The summed E-state index contributed by atoms with van der Waals surface area (Å²) in [6.45, 7) is 6.30. The molecule has 8 heteroatoms. The van der Waals surface area contributed by atoms with Crippen molar-refractivity contribution in [2.45, 2.75) is 141 Å². The second-order valence-corrected chi connectivity index (χ2v) is 11.2. The Kier molecular flexibility index (Phi) is 13.0. The van der Waals surface area contributed by atoms with E-state index in [4.69, 9.17) is 18.9 Å². The smallest absolute Gasteiger partial charge is 0.223 e. The monoisotopic (exact) mass is 535 g/mol. The van der Waals surface area contributed by atoms with Crippen molar-refractivity contribution >= 4 is 5.91 Å². The third-order valence-electron chi connectivity index (χ3n) is 7.33. The van der Waals surface area contributed by atoms with Gasteiger partial charge in [-0.15, -0.1) is 0 Å². The van der Waals surface area contributed by atoms with Gasteiger partial charge in [-0.1, -0.05) is 95.0 Å². The second kappa shape index (κ2) is 15.9. The maximum Gasteiger partial charge on any atom is 0.223 e. The van der Waals surface area contributed by atoms with Gasteiger partial charge in [-0.25, -0.2) is 0 Å². The minimum Gasteiger partial charge on any atom is -0.393 e. The normalized spacial score (nSPS) is 27.4. The molecule has 0 radical (unpaired) electrons. The number of carbonyl (C=O) groups is 1. The van der Waals surface area contributed by atoms with Gasteiger partial charge in [0, 0.05) is 0 Å². The number of benzene rings is 1. The number of aliphatic hydroxyl groups is 2. The van der Waals surface area contributed by atoms with E-state index in [0.29, 0.717) is 6.42 Å². The van der Waals surface area contributed by atoms with Crippen LogP contribution in [0.2, 0.25) is 0 Å². The molecule has 2 heterocycles. The highest BCUT2D eigenvalue weighted by Crippen LogP contribution is 2.33. The van der Waals surface area contributed by atoms with Gasteiger partial charge in [0.1, 0.15) is 24.4 Å². The van der Waals surface area contributed by atoms with Crippen molar-refractivity contribution in [3.8, 4) is 0 Å². The molecule has 0 aliphatic carbocycles. The molecule has 8 nitrogen and oxygen atoms in total. The van der Waals surface area contributed by atoms with Gasteiger partial charge in [-0.05, 0) is 25.8 Å². The summed E-state index contributed by atoms with van der Waals surface area (Å²) in [4.78, 5) is 12.9. The maximum absolute atomic E-state index is 12.9. The number of hydrogen-bond acceptors (Lipinski definition) is 7. The SMILES string of the molecule is CCCCCCCCCCC[C@@H](O)CC(=O)N[C@H]1C(OCc2ccccc2)O[C@@H]2COC(C)(C)O[C@H]2[C@@H]1O. The first-order valence-corrected chi connectivity index (χ1v) is 14.6. The first kappa shape index (κ1) is 31.0. The van der Waals surface area contributed by atoms with E-state index < -0.39 is 42.5 Å². The third-order valence-corrected chi connectivity index (χ3v) is 7.33. The van der Waals surface area contributed by atoms with E-state index in [9.17, 15) is 15.0 Å².